The van der Waals surface area contributed by atoms with Crippen LogP contribution in [-0.2, 0) is 17.7 Å². The predicted octanol–water partition coefficient (Wildman–Crippen LogP) is 4.84. The summed E-state index contributed by atoms with van der Waals surface area (Å²) in [6.45, 7) is 7.87. The lowest BCUT2D eigenvalue weighted by Gasteiger charge is -2.30. The Bertz CT molecular complexity index is 1040. The second-order valence-corrected chi connectivity index (χ2v) is 8.31. The third kappa shape index (κ3) is 6.71. The molecule has 1 heterocycles. The molecule has 3 aromatic rings. The molecule has 3 rings (SSSR count). The van der Waals surface area contributed by atoms with Gasteiger partial charge in [0.05, 0.1) is 29.7 Å². The minimum Gasteiger partial charge on any atom is -0.439 e. The highest BCUT2D eigenvalue weighted by Gasteiger charge is 2.25. The summed E-state index contributed by atoms with van der Waals surface area (Å²) in [4.78, 5) is 2.26. The smallest absolute Gasteiger partial charge is 0.227 e. The van der Waals surface area contributed by atoms with Gasteiger partial charge in [-0.15, -0.1) is 6.42 Å². The first-order valence-electron chi connectivity index (χ1n) is 11.9. The minimum atomic E-state index is -0.643. The van der Waals surface area contributed by atoms with Crippen molar-refractivity contribution in [1.82, 2.24) is 14.7 Å². The van der Waals surface area contributed by atoms with Gasteiger partial charge >= 0.3 is 0 Å². The number of ether oxygens (including phenoxy) is 2. The maximum Gasteiger partial charge on any atom is 0.227 e. The highest BCUT2D eigenvalue weighted by molar-refractivity contribution is 5.43. The van der Waals surface area contributed by atoms with Gasteiger partial charge in [-0.3, -0.25) is 4.90 Å². The molecule has 1 aromatic heterocycles. The van der Waals surface area contributed by atoms with Gasteiger partial charge in [0.2, 0.25) is 5.88 Å². The zero-order valence-electron chi connectivity index (χ0n) is 20.4. The summed E-state index contributed by atoms with van der Waals surface area (Å²) in [6, 6.07) is 20.0. The van der Waals surface area contributed by atoms with E-state index in [4.69, 9.17) is 21.0 Å². The molecule has 6 nitrogen and oxygen atoms in total. The maximum absolute atomic E-state index is 10.6. The van der Waals surface area contributed by atoms with Crippen LogP contribution < -0.4 is 4.74 Å². The van der Waals surface area contributed by atoms with E-state index in [0.29, 0.717) is 19.0 Å². The van der Waals surface area contributed by atoms with Crippen LogP contribution in [0.5, 0.6) is 11.6 Å². The van der Waals surface area contributed by atoms with Gasteiger partial charge in [-0.05, 0) is 44.0 Å². The average Bonchev–Trinajstić information content (AvgIpc) is 3.21. The molecule has 0 spiro atoms. The van der Waals surface area contributed by atoms with E-state index in [2.05, 4.69) is 31.6 Å². The average molecular weight is 462 g/mol. The Morgan fingerprint density at radius 2 is 1.76 bits per heavy atom. The molecule has 0 fully saturated rings. The van der Waals surface area contributed by atoms with Gasteiger partial charge in [-0.2, -0.15) is 5.10 Å². The molecular formula is C28H35N3O3. The predicted molar refractivity (Wildman–Crippen MR) is 135 cm³/mol. The third-order valence-electron chi connectivity index (χ3n) is 5.83. The molecule has 0 aliphatic carbocycles. The lowest BCUT2D eigenvalue weighted by atomic mass is 10.1. The third-order valence-corrected chi connectivity index (χ3v) is 5.83. The molecule has 0 amide bonds. The Hall–Kier alpha value is -3.11. The lowest BCUT2D eigenvalue weighted by Crippen LogP contribution is -2.40. The van der Waals surface area contributed by atoms with E-state index in [9.17, 15) is 5.11 Å². The van der Waals surface area contributed by atoms with Crippen LogP contribution in [0.3, 0.4) is 0 Å². The van der Waals surface area contributed by atoms with Gasteiger partial charge in [0, 0.05) is 19.1 Å². The quantitative estimate of drug-likeness (QED) is 0.292. The molecule has 0 bridgehead atoms. The fraction of sp³-hybridized carbons (Fsp3) is 0.393. The normalized spacial score (nSPS) is 12.9. The van der Waals surface area contributed by atoms with Crippen molar-refractivity contribution in [3.63, 3.8) is 0 Å². The molecule has 0 saturated heterocycles. The molecule has 2 atom stereocenters. The number of aromatic nitrogens is 2. The van der Waals surface area contributed by atoms with Crippen molar-refractivity contribution in [3.8, 4) is 29.7 Å². The summed E-state index contributed by atoms with van der Waals surface area (Å²) < 4.78 is 13.7. The Morgan fingerprint density at radius 3 is 2.38 bits per heavy atom. The van der Waals surface area contributed by atoms with E-state index in [-0.39, 0.29) is 19.3 Å². The lowest BCUT2D eigenvalue weighted by molar-refractivity contribution is 0.0168. The van der Waals surface area contributed by atoms with Crippen molar-refractivity contribution in [2.24, 2.45) is 0 Å². The topological polar surface area (TPSA) is 59.8 Å². The van der Waals surface area contributed by atoms with E-state index in [1.807, 2.05) is 65.3 Å². The fourth-order valence-corrected chi connectivity index (χ4v) is 3.81. The van der Waals surface area contributed by atoms with Crippen molar-refractivity contribution < 1.29 is 14.6 Å². The van der Waals surface area contributed by atoms with Crippen LogP contribution in [0.25, 0.3) is 5.69 Å². The number of nitrogens with zero attached hydrogens (tertiary/aromatic N) is 3. The van der Waals surface area contributed by atoms with Crippen LogP contribution >= 0.6 is 0 Å². The van der Waals surface area contributed by atoms with Crippen LogP contribution in [0, 0.1) is 12.3 Å². The summed E-state index contributed by atoms with van der Waals surface area (Å²) >= 11 is 0. The second-order valence-electron chi connectivity index (χ2n) is 8.31. The first-order valence-corrected chi connectivity index (χ1v) is 11.9. The molecule has 0 saturated carbocycles. The SMILES string of the molecule is C#CCOC[C@@H](O)CN(Cc1c(CC)nn(-c2ccccc2)c1Oc1ccccc1)[C@@H](C)CC. The summed E-state index contributed by atoms with van der Waals surface area (Å²) in [5.41, 5.74) is 2.93. The standard InChI is InChI=1S/C28H35N3O3/c1-5-18-33-21-24(32)19-30(22(4)6-2)20-26-27(7-3)29-31(23-14-10-8-11-15-23)28(26)34-25-16-12-9-13-17-25/h1,8-17,22,24,32H,6-7,18-21H2,2-4H3/t22-,24-/m0/s1. The zero-order chi connectivity index (χ0) is 24.3. The number of hydrogen-bond donors (Lipinski definition) is 1. The summed E-state index contributed by atoms with van der Waals surface area (Å²) in [5, 5.41) is 15.5. The van der Waals surface area contributed by atoms with Gasteiger partial charge < -0.3 is 14.6 Å². The highest BCUT2D eigenvalue weighted by Crippen LogP contribution is 2.32. The molecule has 180 valence electrons. The number of benzene rings is 2. The van der Waals surface area contributed by atoms with Gasteiger partial charge in [-0.1, -0.05) is 56.2 Å². The number of aliphatic hydroxyl groups is 1. The van der Waals surface area contributed by atoms with Gasteiger partial charge in [-0.25, -0.2) is 4.68 Å². The van der Waals surface area contributed by atoms with Crippen molar-refractivity contribution in [3.05, 3.63) is 71.9 Å². The summed E-state index contributed by atoms with van der Waals surface area (Å²) in [5.74, 6) is 3.89. The van der Waals surface area contributed by atoms with Crippen LogP contribution in [0.4, 0.5) is 0 Å². The van der Waals surface area contributed by atoms with Crippen molar-refractivity contribution in [2.75, 3.05) is 19.8 Å². The van der Waals surface area contributed by atoms with E-state index in [1.54, 1.807) is 0 Å². The van der Waals surface area contributed by atoms with E-state index >= 15 is 0 Å². The molecule has 0 unspecified atom stereocenters. The van der Waals surface area contributed by atoms with E-state index < -0.39 is 6.10 Å². The van der Waals surface area contributed by atoms with Gasteiger partial charge in [0.1, 0.15) is 12.4 Å². The Morgan fingerprint density at radius 1 is 1.09 bits per heavy atom. The van der Waals surface area contributed by atoms with Crippen molar-refractivity contribution in [1.29, 1.82) is 0 Å². The second kappa shape index (κ2) is 13.0. The molecule has 6 heteroatoms. The Labute approximate surface area is 203 Å². The van der Waals surface area contributed by atoms with Crippen molar-refractivity contribution >= 4 is 0 Å². The number of hydrogen-bond acceptors (Lipinski definition) is 5. The van der Waals surface area contributed by atoms with Gasteiger partial charge in [0.25, 0.3) is 0 Å². The number of terminal acetylenes is 1. The first kappa shape index (κ1) is 25.5. The molecule has 2 aromatic carbocycles. The van der Waals surface area contributed by atoms with Gasteiger partial charge in [0.15, 0.2) is 0 Å². The van der Waals surface area contributed by atoms with Crippen molar-refractivity contribution in [2.45, 2.75) is 52.3 Å². The van der Waals surface area contributed by atoms with Crippen LogP contribution in [0.15, 0.2) is 60.7 Å². The van der Waals surface area contributed by atoms with E-state index in [1.165, 1.54) is 0 Å². The molecule has 0 aliphatic rings. The number of aryl methyl sites for hydroxylation is 1. The zero-order valence-corrected chi connectivity index (χ0v) is 20.4. The first-order chi connectivity index (χ1) is 16.6. The number of aliphatic hydroxyl groups excluding tert-OH is 1. The number of rotatable bonds is 13. The van der Waals surface area contributed by atoms with Crippen LogP contribution in [0.2, 0.25) is 0 Å². The fourth-order valence-electron chi connectivity index (χ4n) is 3.81. The molecule has 0 radical (unpaired) electrons. The highest BCUT2D eigenvalue weighted by atomic mass is 16.5. The maximum atomic E-state index is 10.6. The van der Waals surface area contributed by atoms with Crippen LogP contribution in [-0.4, -0.2) is 51.7 Å². The molecule has 1 N–H and O–H groups in total. The Balaban J connectivity index is 1.98. The molecule has 0 aliphatic heterocycles. The monoisotopic (exact) mass is 461 g/mol. The minimum absolute atomic E-state index is 0.194. The van der Waals surface area contributed by atoms with Crippen LogP contribution in [0.1, 0.15) is 38.4 Å². The molecular weight excluding hydrogens is 426 g/mol. The Kier molecular flexibility index (Phi) is 9.72. The summed E-state index contributed by atoms with van der Waals surface area (Å²) in [7, 11) is 0. The van der Waals surface area contributed by atoms with E-state index in [0.717, 1.165) is 35.5 Å². The largest absolute Gasteiger partial charge is 0.439 e. The number of para-hydroxylation sites is 2. The molecule has 34 heavy (non-hydrogen) atoms. The summed E-state index contributed by atoms with van der Waals surface area (Å²) in [6.07, 6.45) is 6.33.